The minimum Gasteiger partial charge on any atom is -0.391 e. The Morgan fingerprint density at radius 1 is 1.58 bits per heavy atom. The summed E-state index contributed by atoms with van der Waals surface area (Å²) in [5.74, 6) is -0.402. The lowest BCUT2D eigenvalue weighted by Gasteiger charge is -2.32. The highest BCUT2D eigenvalue weighted by Gasteiger charge is 2.25. The molecule has 0 aromatic heterocycles. The van der Waals surface area contributed by atoms with Crippen molar-refractivity contribution in [2.24, 2.45) is 5.73 Å². The zero-order chi connectivity index (χ0) is 13.8. The third-order valence-corrected chi connectivity index (χ3v) is 3.01. The van der Waals surface area contributed by atoms with Crippen molar-refractivity contribution < 1.29 is 13.9 Å². The summed E-state index contributed by atoms with van der Waals surface area (Å²) in [7, 11) is 0. The van der Waals surface area contributed by atoms with Crippen molar-refractivity contribution in [2.45, 2.75) is 6.10 Å². The molecule has 3 N–H and O–H groups in total. The molecule has 1 aromatic rings. The third kappa shape index (κ3) is 3.62. The normalized spacial score (nSPS) is 19.0. The smallest absolute Gasteiger partial charge is 0.322 e. The zero-order valence-electron chi connectivity index (χ0n) is 10.1. The number of halogens is 1. The number of rotatable bonds is 2. The maximum atomic E-state index is 13.0. The van der Waals surface area contributed by atoms with Gasteiger partial charge >= 0.3 is 6.03 Å². The van der Waals surface area contributed by atoms with Crippen LogP contribution in [-0.4, -0.2) is 41.7 Å². The lowest BCUT2D eigenvalue weighted by Crippen LogP contribution is -2.51. The molecule has 1 atom stereocenters. The Balaban J connectivity index is 1.98. The minimum atomic E-state index is -0.429. The molecule has 1 aliphatic heterocycles. The molecule has 102 valence electrons. The molecule has 0 radical (unpaired) electrons. The number of benzene rings is 1. The van der Waals surface area contributed by atoms with Crippen LogP contribution < -0.4 is 11.1 Å². The summed E-state index contributed by atoms with van der Waals surface area (Å²) >= 11 is 4.85. The van der Waals surface area contributed by atoms with E-state index in [1.54, 1.807) is 6.07 Å². The topological polar surface area (TPSA) is 67.6 Å². The molecule has 0 bridgehead atoms. The SMILES string of the molecule is NC(=S)C1CN(C(=O)Nc2cccc(F)c2)CCO1. The molecule has 2 amide bonds. The average Bonchev–Trinajstić information content (AvgIpc) is 2.39. The number of anilines is 1. The highest BCUT2D eigenvalue weighted by Crippen LogP contribution is 2.12. The molecule has 1 aromatic carbocycles. The number of hydrogen-bond donors (Lipinski definition) is 2. The standard InChI is InChI=1S/C12H14FN3O2S/c13-8-2-1-3-9(6-8)15-12(17)16-4-5-18-10(7-16)11(14)19/h1-3,6,10H,4-5,7H2,(H2,14,19)(H,15,17). The predicted octanol–water partition coefficient (Wildman–Crippen LogP) is 1.34. The fourth-order valence-electron chi connectivity index (χ4n) is 1.77. The molecule has 0 saturated carbocycles. The summed E-state index contributed by atoms with van der Waals surface area (Å²) in [4.78, 5) is 13.8. The van der Waals surface area contributed by atoms with E-state index in [4.69, 9.17) is 22.7 Å². The Labute approximate surface area is 115 Å². The van der Waals surface area contributed by atoms with Crippen LogP contribution in [0.25, 0.3) is 0 Å². The molecule has 0 spiro atoms. The fourth-order valence-corrected chi connectivity index (χ4v) is 1.92. The number of morpholine rings is 1. The Morgan fingerprint density at radius 3 is 3.05 bits per heavy atom. The van der Waals surface area contributed by atoms with Crippen molar-refractivity contribution in [1.29, 1.82) is 0 Å². The van der Waals surface area contributed by atoms with Crippen LogP contribution in [0.3, 0.4) is 0 Å². The number of ether oxygens (including phenoxy) is 1. The van der Waals surface area contributed by atoms with Gasteiger partial charge in [-0.15, -0.1) is 0 Å². The Hall–Kier alpha value is -1.73. The van der Waals surface area contributed by atoms with Crippen LogP contribution in [0.2, 0.25) is 0 Å². The molecule has 1 unspecified atom stereocenters. The van der Waals surface area contributed by atoms with Gasteiger partial charge in [-0.05, 0) is 18.2 Å². The van der Waals surface area contributed by atoms with Gasteiger partial charge in [0.1, 0.15) is 16.9 Å². The van der Waals surface area contributed by atoms with E-state index in [0.717, 1.165) is 0 Å². The van der Waals surface area contributed by atoms with Gasteiger partial charge in [-0.1, -0.05) is 18.3 Å². The second-order valence-corrected chi connectivity index (χ2v) is 4.62. The zero-order valence-corrected chi connectivity index (χ0v) is 11.0. The minimum absolute atomic E-state index is 0.225. The van der Waals surface area contributed by atoms with Crippen molar-refractivity contribution in [3.63, 3.8) is 0 Å². The van der Waals surface area contributed by atoms with Gasteiger partial charge in [-0.3, -0.25) is 0 Å². The first-order valence-corrected chi connectivity index (χ1v) is 6.19. The lowest BCUT2D eigenvalue weighted by atomic mass is 10.2. The molecule has 19 heavy (non-hydrogen) atoms. The highest BCUT2D eigenvalue weighted by atomic mass is 32.1. The second kappa shape index (κ2) is 5.94. The van der Waals surface area contributed by atoms with Gasteiger partial charge < -0.3 is 20.7 Å². The van der Waals surface area contributed by atoms with E-state index in [9.17, 15) is 9.18 Å². The molecule has 1 heterocycles. The second-order valence-electron chi connectivity index (χ2n) is 4.15. The molecule has 1 fully saturated rings. The van der Waals surface area contributed by atoms with Crippen molar-refractivity contribution in [1.82, 2.24) is 4.90 Å². The van der Waals surface area contributed by atoms with E-state index in [0.29, 0.717) is 25.4 Å². The van der Waals surface area contributed by atoms with Gasteiger partial charge in [0.15, 0.2) is 0 Å². The highest BCUT2D eigenvalue weighted by molar-refractivity contribution is 7.80. The lowest BCUT2D eigenvalue weighted by molar-refractivity contribution is 0.0251. The van der Waals surface area contributed by atoms with E-state index in [-0.39, 0.29) is 11.0 Å². The molecule has 1 saturated heterocycles. The maximum Gasteiger partial charge on any atom is 0.322 e. The van der Waals surface area contributed by atoms with E-state index >= 15 is 0 Å². The van der Waals surface area contributed by atoms with Crippen LogP contribution in [0.5, 0.6) is 0 Å². The van der Waals surface area contributed by atoms with Crippen LogP contribution in [0.4, 0.5) is 14.9 Å². The first-order chi connectivity index (χ1) is 9.06. The van der Waals surface area contributed by atoms with Gasteiger partial charge in [-0.2, -0.15) is 0 Å². The van der Waals surface area contributed by atoms with E-state index < -0.39 is 11.9 Å². The quantitative estimate of drug-likeness (QED) is 0.804. The summed E-state index contributed by atoms with van der Waals surface area (Å²) in [6.07, 6.45) is -0.429. The first-order valence-electron chi connectivity index (χ1n) is 5.78. The number of amides is 2. The Kier molecular flexibility index (Phi) is 4.28. The van der Waals surface area contributed by atoms with Gasteiger partial charge in [0.2, 0.25) is 0 Å². The summed E-state index contributed by atoms with van der Waals surface area (Å²) < 4.78 is 18.4. The maximum absolute atomic E-state index is 13.0. The van der Waals surface area contributed by atoms with Crippen molar-refractivity contribution in [3.8, 4) is 0 Å². The fraction of sp³-hybridized carbons (Fsp3) is 0.333. The summed E-state index contributed by atoms with van der Waals surface area (Å²) in [5.41, 5.74) is 5.91. The Bertz CT molecular complexity index is 498. The average molecular weight is 283 g/mol. The molecular formula is C12H14FN3O2S. The van der Waals surface area contributed by atoms with Crippen molar-refractivity contribution >= 4 is 28.9 Å². The summed E-state index contributed by atoms with van der Waals surface area (Å²) in [5, 5.41) is 2.62. The summed E-state index contributed by atoms with van der Waals surface area (Å²) in [6, 6.07) is 5.39. The van der Waals surface area contributed by atoms with Crippen LogP contribution in [0.1, 0.15) is 0 Å². The number of hydrogen-bond acceptors (Lipinski definition) is 3. The summed E-state index contributed by atoms with van der Waals surface area (Å²) in [6.45, 7) is 1.12. The first kappa shape index (κ1) is 13.7. The molecule has 0 aliphatic carbocycles. The van der Waals surface area contributed by atoms with Gasteiger partial charge in [0.05, 0.1) is 13.2 Å². The van der Waals surface area contributed by atoms with Crippen LogP contribution in [-0.2, 0) is 4.74 Å². The number of nitrogens with zero attached hydrogens (tertiary/aromatic N) is 1. The number of carbonyl (C=O) groups is 1. The molecule has 2 rings (SSSR count). The van der Waals surface area contributed by atoms with E-state index in [1.165, 1.54) is 23.1 Å². The van der Waals surface area contributed by atoms with E-state index in [2.05, 4.69) is 5.32 Å². The number of urea groups is 1. The van der Waals surface area contributed by atoms with Gasteiger partial charge in [0.25, 0.3) is 0 Å². The monoisotopic (exact) mass is 283 g/mol. The van der Waals surface area contributed by atoms with Crippen LogP contribution in [0.15, 0.2) is 24.3 Å². The van der Waals surface area contributed by atoms with Crippen molar-refractivity contribution in [3.05, 3.63) is 30.1 Å². The van der Waals surface area contributed by atoms with Gasteiger partial charge in [0, 0.05) is 12.2 Å². The van der Waals surface area contributed by atoms with Crippen LogP contribution in [0, 0.1) is 5.82 Å². The third-order valence-electron chi connectivity index (χ3n) is 2.75. The Morgan fingerprint density at radius 2 is 2.37 bits per heavy atom. The predicted molar refractivity (Wildman–Crippen MR) is 73.5 cm³/mol. The molecular weight excluding hydrogens is 269 g/mol. The van der Waals surface area contributed by atoms with Crippen LogP contribution >= 0.6 is 12.2 Å². The largest absolute Gasteiger partial charge is 0.391 e. The molecule has 1 aliphatic rings. The number of thiocarbonyl (C=S) groups is 1. The number of nitrogens with one attached hydrogen (secondary N) is 1. The molecule has 7 heteroatoms. The van der Waals surface area contributed by atoms with E-state index in [1.807, 2.05) is 0 Å². The number of carbonyl (C=O) groups excluding carboxylic acids is 1. The van der Waals surface area contributed by atoms with Crippen molar-refractivity contribution in [2.75, 3.05) is 25.0 Å². The molecule has 5 nitrogen and oxygen atoms in total. The van der Waals surface area contributed by atoms with Gasteiger partial charge in [-0.25, -0.2) is 9.18 Å². The number of nitrogens with two attached hydrogens (primary N) is 1.